The van der Waals surface area contributed by atoms with E-state index in [1.54, 1.807) is 6.26 Å². The molecular weight excluding hydrogens is 498 g/mol. The number of thioether (sulfide) groups is 1. The molecule has 1 saturated carbocycles. The van der Waals surface area contributed by atoms with E-state index in [4.69, 9.17) is 22.1 Å². The molecule has 7 nitrogen and oxygen atoms in total. The van der Waals surface area contributed by atoms with Crippen LogP contribution in [0.1, 0.15) is 49.4 Å². The lowest BCUT2D eigenvalue weighted by atomic mass is 9.96. The summed E-state index contributed by atoms with van der Waals surface area (Å²) in [6, 6.07) is 7.93. The van der Waals surface area contributed by atoms with Crippen LogP contribution in [0.15, 0.2) is 46.3 Å². The van der Waals surface area contributed by atoms with Gasteiger partial charge in [-0.05, 0) is 62.4 Å². The van der Waals surface area contributed by atoms with Gasteiger partial charge in [-0.25, -0.2) is 18.6 Å². The molecule has 1 aliphatic rings. The Labute approximate surface area is 212 Å². The molecule has 0 aliphatic heterocycles. The van der Waals surface area contributed by atoms with Crippen molar-refractivity contribution in [3.05, 3.63) is 58.6 Å². The van der Waals surface area contributed by atoms with Gasteiger partial charge < -0.3 is 15.8 Å². The van der Waals surface area contributed by atoms with Crippen molar-refractivity contribution in [2.75, 3.05) is 12.9 Å². The van der Waals surface area contributed by atoms with Crippen molar-refractivity contribution in [1.82, 2.24) is 10.6 Å². The maximum atomic E-state index is 13.4. The highest BCUT2D eigenvalue weighted by atomic mass is 35.5. The Morgan fingerprint density at radius 2 is 1.89 bits per heavy atom. The average Bonchev–Trinajstić information content (AvgIpc) is 2.79. The van der Waals surface area contributed by atoms with Crippen LogP contribution in [0.5, 0.6) is 0 Å². The van der Waals surface area contributed by atoms with E-state index in [1.165, 1.54) is 55.3 Å². The van der Waals surface area contributed by atoms with Crippen molar-refractivity contribution in [2.45, 2.75) is 50.0 Å². The number of halogens is 3. The molecule has 190 valence electrons. The van der Waals surface area contributed by atoms with Crippen LogP contribution in [0.3, 0.4) is 0 Å². The number of rotatable bonds is 5. The number of alkyl carbamates (subject to hydrolysis) is 1. The quantitative estimate of drug-likeness (QED) is 0.260. The summed E-state index contributed by atoms with van der Waals surface area (Å²) in [4.78, 5) is 27.2. The van der Waals surface area contributed by atoms with Crippen LogP contribution < -0.4 is 16.4 Å². The second-order valence-corrected chi connectivity index (χ2v) is 8.91. The Morgan fingerprint density at radius 3 is 2.51 bits per heavy atom. The van der Waals surface area contributed by atoms with Gasteiger partial charge in [0.25, 0.3) is 5.91 Å². The van der Waals surface area contributed by atoms with Gasteiger partial charge in [-0.3, -0.25) is 10.1 Å². The van der Waals surface area contributed by atoms with E-state index in [0.29, 0.717) is 17.5 Å². The normalized spacial score (nSPS) is 13.9. The number of aliphatic imine (C=N–C) groups is 1. The highest BCUT2D eigenvalue weighted by Crippen LogP contribution is 2.22. The fourth-order valence-corrected chi connectivity index (χ4v) is 4.07. The number of nitrogens with zero attached hydrogens (tertiary/aromatic N) is 1. The smallest absolute Gasteiger partial charge is 0.407 e. The van der Waals surface area contributed by atoms with Crippen molar-refractivity contribution < 1.29 is 23.1 Å². The SMILES string of the molecule is CCOC(=O)NC1CCCCC1.CSc1cc(C(=O)NC(N)=Nc2cc(F)cc(Cl)c2)ccc1F. The second kappa shape index (κ2) is 14.5. The fourth-order valence-electron chi connectivity index (χ4n) is 3.35. The van der Waals surface area contributed by atoms with Crippen molar-refractivity contribution >= 4 is 47.0 Å². The van der Waals surface area contributed by atoms with Gasteiger partial charge in [-0.1, -0.05) is 30.9 Å². The van der Waals surface area contributed by atoms with E-state index < -0.39 is 17.5 Å². The van der Waals surface area contributed by atoms with E-state index >= 15 is 0 Å². The Kier molecular flexibility index (Phi) is 11.8. The van der Waals surface area contributed by atoms with Gasteiger partial charge in [0.2, 0.25) is 5.96 Å². The number of hydrogen-bond donors (Lipinski definition) is 3. The molecule has 0 saturated heterocycles. The summed E-state index contributed by atoms with van der Waals surface area (Å²) in [6.45, 7) is 2.28. The highest BCUT2D eigenvalue weighted by molar-refractivity contribution is 7.98. The molecule has 0 spiro atoms. The molecule has 0 aromatic heterocycles. The number of nitrogens with two attached hydrogens (primary N) is 1. The first kappa shape index (κ1) is 28.4. The third-order valence-electron chi connectivity index (χ3n) is 4.95. The van der Waals surface area contributed by atoms with Crippen molar-refractivity contribution in [3.63, 3.8) is 0 Å². The lowest BCUT2D eigenvalue weighted by molar-refractivity contribution is 0.0976. The maximum absolute atomic E-state index is 13.4. The molecule has 3 rings (SSSR count). The molecule has 1 aliphatic carbocycles. The van der Waals surface area contributed by atoms with Crippen molar-refractivity contribution in [1.29, 1.82) is 0 Å². The molecule has 0 radical (unpaired) electrons. The topological polar surface area (TPSA) is 106 Å². The minimum Gasteiger partial charge on any atom is -0.450 e. The van der Waals surface area contributed by atoms with Crippen LogP contribution >= 0.6 is 23.4 Å². The predicted octanol–water partition coefficient (Wildman–Crippen LogP) is 5.78. The molecule has 0 atom stereocenters. The Hall–Kier alpha value is -2.85. The molecule has 0 bridgehead atoms. The molecule has 35 heavy (non-hydrogen) atoms. The minimum atomic E-state index is -0.571. The van der Waals surface area contributed by atoms with E-state index in [0.717, 1.165) is 25.0 Å². The summed E-state index contributed by atoms with van der Waals surface area (Å²) in [6.07, 6.45) is 7.43. The number of ether oxygens (including phenoxy) is 1. The lowest BCUT2D eigenvalue weighted by Crippen LogP contribution is -2.36. The van der Waals surface area contributed by atoms with E-state index in [1.807, 2.05) is 6.92 Å². The van der Waals surface area contributed by atoms with Gasteiger partial charge in [0, 0.05) is 21.5 Å². The van der Waals surface area contributed by atoms with Gasteiger partial charge in [-0.2, -0.15) is 0 Å². The Bertz CT molecular complexity index is 1030. The third kappa shape index (κ3) is 10.1. The van der Waals surface area contributed by atoms with E-state index in [2.05, 4.69) is 15.6 Å². The average molecular weight is 527 g/mol. The van der Waals surface area contributed by atoms with Crippen molar-refractivity contribution in [3.8, 4) is 0 Å². The Balaban J connectivity index is 0.000000303. The third-order valence-corrected chi connectivity index (χ3v) is 5.93. The van der Waals surface area contributed by atoms with Crippen molar-refractivity contribution in [2.24, 2.45) is 10.7 Å². The Morgan fingerprint density at radius 1 is 1.17 bits per heavy atom. The summed E-state index contributed by atoms with van der Waals surface area (Å²) < 4.78 is 31.4. The first-order valence-electron chi connectivity index (χ1n) is 11.1. The lowest BCUT2D eigenvalue weighted by Gasteiger charge is -2.22. The van der Waals surface area contributed by atoms with E-state index in [-0.39, 0.29) is 28.3 Å². The molecule has 0 heterocycles. The highest BCUT2D eigenvalue weighted by Gasteiger charge is 2.15. The van der Waals surface area contributed by atoms with Crippen LogP contribution in [-0.4, -0.2) is 36.9 Å². The van der Waals surface area contributed by atoms with Gasteiger partial charge in [-0.15, -0.1) is 11.8 Å². The zero-order chi connectivity index (χ0) is 25.8. The molecule has 1 fully saturated rings. The van der Waals surface area contributed by atoms with E-state index in [9.17, 15) is 18.4 Å². The number of carbonyl (C=O) groups is 2. The summed E-state index contributed by atoms with van der Waals surface area (Å²) in [5, 5.41) is 5.36. The molecule has 4 N–H and O–H groups in total. The molecular formula is C24H29ClF2N4O3S. The monoisotopic (exact) mass is 526 g/mol. The molecule has 11 heteroatoms. The standard InChI is InChI=1S/C15H12ClF2N3OS.C9H17NO2/c1-23-13-4-8(2-3-12(13)18)14(22)21-15(19)20-11-6-9(16)5-10(17)7-11;1-2-12-9(11)10-8-6-4-3-5-7-8/h2-7H,1H3,(H3,19,20,21,22);8H,2-7H2,1H3,(H,10,11). The van der Waals surface area contributed by atoms with Crippen LogP contribution in [0.4, 0.5) is 19.3 Å². The van der Waals surface area contributed by atoms with Gasteiger partial charge in [0.15, 0.2) is 0 Å². The summed E-state index contributed by atoms with van der Waals surface area (Å²) in [5.41, 5.74) is 6.01. The number of amides is 2. The number of guanidine groups is 1. The van der Waals surface area contributed by atoms with Crippen LogP contribution in [0.25, 0.3) is 0 Å². The minimum absolute atomic E-state index is 0.158. The molecule has 2 aromatic rings. The zero-order valence-corrected chi connectivity index (χ0v) is 21.1. The van der Waals surface area contributed by atoms with Crippen LogP contribution in [0.2, 0.25) is 5.02 Å². The number of nitrogens with one attached hydrogen (secondary N) is 2. The summed E-state index contributed by atoms with van der Waals surface area (Å²) in [7, 11) is 0. The molecule has 2 amide bonds. The van der Waals surface area contributed by atoms with Gasteiger partial charge in [0.05, 0.1) is 12.3 Å². The number of hydrogen-bond acceptors (Lipinski definition) is 5. The fraction of sp³-hybridized carbons (Fsp3) is 0.375. The summed E-state index contributed by atoms with van der Waals surface area (Å²) in [5.74, 6) is -1.76. The predicted molar refractivity (Wildman–Crippen MR) is 135 cm³/mol. The zero-order valence-electron chi connectivity index (χ0n) is 19.6. The summed E-state index contributed by atoms with van der Waals surface area (Å²) >= 11 is 6.89. The van der Waals surface area contributed by atoms with Crippen LogP contribution in [-0.2, 0) is 4.74 Å². The first-order chi connectivity index (χ1) is 16.7. The van der Waals surface area contributed by atoms with Crippen LogP contribution in [0, 0.1) is 11.6 Å². The number of carbonyl (C=O) groups excluding carboxylic acids is 2. The first-order valence-corrected chi connectivity index (χ1v) is 12.7. The molecule has 2 aromatic carbocycles. The maximum Gasteiger partial charge on any atom is 0.407 e. The number of benzene rings is 2. The second-order valence-electron chi connectivity index (χ2n) is 7.63. The molecule has 0 unspecified atom stereocenters. The largest absolute Gasteiger partial charge is 0.450 e. The van der Waals surface area contributed by atoms with Gasteiger partial charge >= 0.3 is 6.09 Å². The van der Waals surface area contributed by atoms with Gasteiger partial charge in [0.1, 0.15) is 11.6 Å².